The van der Waals surface area contributed by atoms with Gasteiger partial charge in [-0.3, -0.25) is 20.2 Å². The third-order valence-corrected chi connectivity index (χ3v) is 9.72. The molecule has 2 atom stereocenters. The number of aliphatic carboxylic acids is 2. The average Bonchev–Trinajstić information content (AvgIpc) is 3.15. The standard InChI is InChI=1S/C38H44Cl2N4O10/c1-21-23(17-53-33-29(39)13-25(31(43-33)51-5)15-41-37(3,19-45)35(47)48)9-7-11-27(21)28-12-8-10-24(22(28)2)18-54-34-30(40)14-26(32(44-34)52-6)16-42-38(4,20-46)36(49)50/h7-14,41-42,45-46H,15-20H2,1-6H3,(H,47,48)(H,49,50)/t37-,38-/m0/s1. The number of hydrogen-bond donors (Lipinski definition) is 6. The maximum Gasteiger partial charge on any atom is 0.326 e. The molecule has 0 fully saturated rings. The summed E-state index contributed by atoms with van der Waals surface area (Å²) in [6, 6.07) is 14.9. The summed E-state index contributed by atoms with van der Waals surface area (Å²) >= 11 is 13.1. The van der Waals surface area contributed by atoms with Crippen molar-refractivity contribution in [3.8, 4) is 34.6 Å². The number of rotatable bonds is 19. The fourth-order valence-electron chi connectivity index (χ4n) is 5.33. The van der Waals surface area contributed by atoms with Gasteiger partial charge in [-0.1, -0.05) is 59.6 Å². The number of pyridine rings is 2. The number of carboxylic acids is 2. The zero-order valence-electron chi connectivity index (χ0n) is 30.8. The molecule has 290 valence electrons. The Bertz CT molecular complexity index is 1860. The SMILES string of the molecule is COc1nc(OCc2cccc(-c3cccc(COc4nc(OC)c(CN[C@@](C)(CO)C(=O)O)cc4Cl)c3C)c2C)c(Cl)cc1CN[C@@](C)(CO)C(=O)O. The molecule has 0 radical (unpaired) electrons. The van der Waals surface area contributed by atoms with Gasteiger partial charge < -0.3 is 39.4 Å². The second kappa shape index (κ2) is 18.1. The van der Waals surface area contributed by atoms with Gasteiger partial charge in [0.2, 0.25) is 23.5 Å². The number of aliphatic hydroxyl groups is 2. The Kier molecular flexibility index (Phi) is 14.1. The number of carboxylic acid groups (broad SMARTS) is 2. The normalized spacial score (nSPS) is 13.4. The quantitative estimate of drug-likeness (QED) is 0.0734. The van der Waals surface area contributed by atoms with Crippen LogP contribution in [0.25, 0.3) is 11.1 Å². The molecular weight excluding hydrogens is 743 g/mol. The molecule has 14 nitrogen and oxygen atoms in total. The van der Waals surface area contributed by atoms with Gasteiger partial charge >= 0.3 is 11.9 Å². The fraction of sp³-hybridized carbons (Fsp3) is 0.368. The molecule has 6 N–H and O–H groups in total. The van der Waals surface area contributed by atoms with E-state index in [1.807, 2.05) is 50.2 Å². The summed E-state index contributed by atoms with van der Waals surface area (Å²) < 4.78 is 23.0. The second-order valence-corrected chi connectivity index (χ2v) is 13.8. The van der Waals surface area contributed by atoms with Crippen LogP contribution < -0.4 is 29.6 Å². The van der Waals surface area contributed by atoms with Gasteiger partial charge in [0.05, 0.1) is 27.4 Å². The molecule has 4 rings (SSSR count). The predicted octanol–water partition coefficient (Wildman–Crippen LogP) is 5.09. The van der Waals surface area contributed by atoms with Crippen molar-refractivity contribution < 1.29 is 49.0 Å². The Balaban J connectivity index is 1.50. The van der Waals surface area contributed by atoms with Crippen molar-refractivity contribution in [1.29, 1.82) is 0 Å². The summed E-state index contributed by atoms with van der Waals surface area (Å²) in [5.41, 5.74) is 3.50. The first-order chi connectivity index (χ1) is 25.6. The second-order valence-electron chi connectivity index (χ2n) is 12.9. The molecule has 2 aromatic heterocycles. The third-order valence-electron chi connectivity index (χ3n) is 9.18. The smallest absolute Gasteiger partial charge is 0.326 e. The summed E-state index contributed by atoms with van der Waals surface area (Å²) in [6.07, 6.45) is 0. The van der Waals surface area contributed by atoms with E-state index < -0.39 is 36.2 Å². The molecule has 0 saturated heterocycles. The third kappa shape index (κ3) is 9.50. The molecule has 54 heavy (non-hydrogen) atoms. The van der Waals surface area contributed by atoms with Crippen LogP contribution in [0.5, 0.6) is 23.5 Å². The number of nitrogens with zero attached hydrogens (tertiary/aromatic N) is 2. The Morgan fingerprint density at radius 2 is 1.04 bits per heavy atom. The van der Waals surface area contributed by atoms with Gasteiger partial charge in [-0.05, 0) is 73.2 Å². The van der Waals surface area contributed by atoms with Crippen molar-refractivity contribution in [1.82, 2.24) is 20.6 Å². The highest BCUT2D eigenvalue weighted by molar-refractivity contribution is 6.32. The molecule has 2 aromatic carbocycles. The predicted molar refractivity (Wildman–Crippen MR) is 202 cm³/mol. The number of benzene rings is 2. The monoisotopic (exact) mass is 786 g/mol. The first kappa shape index (κ1) is 42.0. The first-order valence-corrected chi connectivity index (χ1v) is 17.4. The molecule has 0 bridgehead atoms. The zero-order chi connectivity index (χ0) is 39.8. The highest BCUT2D eigenvalue weighted by Gasteiger charge is 2.33. The zero-order valence-corrected chi connectivity index (χ0v) is 32.3. The number of aliphatic hydroxyl groups excluding tert-OH is 2. The van der Waals surface area contributed by atoms with Gasteiger partial charge in [-0.25, -0.2) is 0 Å². The van der Waals surface area contributed by atoms with Crippen molar-refractivity contribution in [2.75, 3.05) is 27.4 Å². The van der Waals surface area contributed by atoms with Gasteiger partial charge in [0.25, 0.3) is 0 Å². The van der Waals surface area contributed by atoms with E-state index in [2.05, 4.69) is 20.6 Å². The number of methoxy groups -OCH3 is 2. The Morgan fingerprint density at radius 1 is 0.667 bits per heavy atom. The number of hydrogen-bond acceptors (Lipinski definition) is 12. The molecule has 4 aromatic rings. The fourth-order valence-corrected chi connectivity index (χ4v) is 5.79. The minimum atomic E-state index is -1.57. The molecule has 16 heteroatoms. The number of aromatic nitrogens is 2. The van der Waals surface area contributed by atoms with E-state index >= 15 is 0 Å². The number of halogens is 2. The van der Waals surface area contributed by atoms with E-state index in [4.69, 9.17) is 42.1 Å². The molecule has 0 unspecified atom stereocenters. The van der Waals surface area contributed by atoms with Crippen LogP contribution in [0.1, 0.15) is 47.2 Å². The van der Waals surface area contributed by atoms with Gasteiger partial charge in [0.15, 0.2) is 0 Å². The number of ether oxygens (including phenoxy) is 4. The lowest BCUT2D eigenvalue weighted by Crippen LogP contribution is -2.52. The van der Waals surface area contributed by atoms with Crippen molar-refractivity contribution in [3.63, 3.8) is 0 Å². The number of carbonyl (C=O) groups is 2. The highest BCUT2D eigenvalue weighted by Crippen LogP contribution is 2.34. The Labute approximate surface area is 323 Å². The van der Waals surface area contributed by atoms with E-state index in [0.717, 1.165) is 33.4 Å². The first-order valence-electron chi connectivity index (χ1n) is 16.7. The van der Waals surface area contributed by atoms with E-state index in [-0.39, 0.29) is 59.9 Å². The maximum absolute atomic E-state index is 11.6. The summed E-state index contributed by atoms with van der Waals surface area (Å²) in [4.78, 5) is 32.0. The van der Waals surface area contributed by atoms with Gasteiger partial charge in [0.1, 0.15) is 34.3 Å². The molecule has 0 spiro atoms. The van der Waals surface area contributed by atoms with Crippen molar-refractivity contribution in [2.24, 2.45) is 0 Å². The van der Waals surface area contributed by atoms with E-state index in [9.17, 15) is 30.0 Å². The Morgan fingerprint density at radius 3 is 1.35 bits per heavy atom. The van der Waals surface area contributed by atoms with E-state index in [0.29, 0.717) is 11.1 Å². The van der Waals surface area contributed by atoms with Crippen molar-refractivity contribution >= 4 is 35.1 Å². The largest absolute Gasteiger partial charge is 0.481 e. The topological polar surface area (TPSA) is 202 Å². The van der Waals surface area contributed by atoms with Crippen LogP contribution in [-0.4, -0.2) is 80.8 Å². The lowest BCUT2D eigenvalue weighted by molar-refractivity contribution is -0.146. The minimum absolute atomic E-state index is 0.0216. The van der Waals surface area contributed by atoms with E-state index in [1.165, 1.54) is 28.1 Å². The van der Waals surface area contributed by atoms with Crippen LogP contribution in [0, 0.1) is 13.8 Å². The van der Waals surface area contributed by atoms with Crippen LogP contribution in [0.15, 0.2) is 48.5 Å². The minimum Gasteiger partial charge on any atom is -0.481 e. The summed E-state index contributed by atoms with van der Waals surface area (Å²) in [6.45, 7) is 5.81. The molecule has 0 aliphatic heterocycles. The van der Waals surface area contributed by atoms with Crippen LogP contribution in [0.2, 0.25) is 10.0 Å². The van der Waals surface area contributed by atoms with Gasteiger partial charge in [-0.15, -0.1) is 0 Å². The van der Waals surface area contributed by atoms with Crippen LogP contribution in [0.4, 0.5) is 0 Å². The van der Waals surface area contributed by atoms with E-state index in [1.54, 1.807) is 12.1 Å². The van der Waals surface area contributed by atoms with Gasteiger partial charge in [-0.2, -0.15) is 9.97 Å². The molecule has 0 amide bonds. The molecule has 2 heterocycles. The Hall–Kier alpha value is -4.70. The molecule has 0 aliphatic carbocycles. The summed E-state index contributed by atoms with van der Waals surface area (Å²) in [5, 5.41) is 44.0. The van der Waals surface area contributed by atoms with Gasteiger partial charge in [0, 0.05) is 24.2 Å². The average molecular weight is 788 g/mol. The van der Waals surface area contributed by atoms with Crippen molar-refractivity contribution in [3.05, 3.63) is 92.0 Å². The number of nitrogens with one attached hydrogen (secondary N) is 2. The molecule has 0 aliphatic rings. The van der Waals surface area contributed by atoms with Crippen LogP contribution in [0.3, 0.4) is 0 Å². The molecular formula is C38H44Cl2N4O10. The summed E-state index contributed by atoms with van der Waals surface area (Å²) in [7, 11) is 2.86. The maximum atomic E-state index is 11.6. The van der Waals surface area contributed by atoms with Crippen LogP contribution >= 0.6 is 23.2 Å². The van der Waals surface area contributed by atoms with Crippen molar-refractivity contribution in [2.45, 2.75) is 65.1 Å². The lowest BCUT2D eigenvalue weighted by Gasteiger charge is -2.24. The molecule has 0 saturated carbocycles. The van der Waals surface area contributed by atoms with Crippen LogP contribution in [-0.2, 0) is 35.9 Å². The lowest BCUT2D eigenvalue weighted by atomic mass is 9.92. The summed E-state index contributed by atoms with van der Waals surface area (Å²) in [5.74, 6) is -1.76. The highest BCUT2D eigenvalue weighted by atomic mass is 35.5.